The van der Waals surface area contributed by atoms with Crippen LogP contribution in [0.5, 0.6) is 0 Å². The Bertz CT molecular complexity index is 455. The molecule has 0 fully saturated rings. The Balaban J connectivity index is 2.47. The highest BCUT2D eigenvalue weighted by Crippen LogP contribution is 2.15. The summed E-state index contributed by atoms with van der Waals surface area (Å²) in [4.78, 5) is 11.3. The van der Waals surface area contributed by atoms with E-state index in [0.717, 1.165) is 18.4 Å². The van der Waals surface area contributed by atoms with Gasteiger partial charge in [0, 0.05) is 6.08 Å². The summed E-state index contributed by atoms with van der Waals surface area (Å²) in [5.74, 6) is -0.247. The molecule has 1 rings (SSSR count). The quantitative estimate of drug-likeness (QED) is 0.559. The second kappa shape index (κ2) is 8.30. The molecule has 0 heterocycles. The zero-order chi connectivity index (χ0) is 14.1. The topological polar surface area (TPSA) is 26.3 Å². The number of rotatable bonds is 6. The van der Waals surface area contributed by atoms with Crippen LogP contribution in [-0.4, -0.2) is 12.6 Å². The molecule has 1 aromatic carbocycles. The first-order valence-corrected chi connectivity index (χ1v) is 6.69. The molecule has 2 heteroatoms. The molecule has 0 radical (unpaired) electrons. The van der Waals surface area contributed by atoms with Crippen LogP contribution in [0.15, 0.2) is 48.1 Å². The molecular weight excluding hydrogens is 236 g/mol. The van der Waals surface area contributed by atoms with Crippen LogP contribution >= 0.6 is 0 Å². The average Bonchev–Trinajstić information content (AvgIpc) is 2.39. The first-order chi connectivity index (χ1) is 9.13. The van der Waals surface area contributed by atoms with Gasteiger partial charge in [0.15, 0.2) is 0 Å². The minimum atomic E-state index is -0.247. The van der Waals surface area contributed by atoms with Crippen molar-refractivity contribution in [1.82, 2.24) is 0 Å². The molecule has 0 saturated carbocycles. The van der Waals surface area contributed by atoms with Crippen molar-refractivity contribution in [2.75, 3.05) is 6.61 Å². The van der Waals surface area contributed by atoms with Gasteiger partial charge in [-0.25, -0.2) is 4.79 Å². The molecule has 0 atom stereocenters. The van der Waals surface area contributed by atoms with Crippen molar-refractivity contribution < 1.29 is 9.53 Å². The van der Waals surface area contributed by atoms with Gasteiger partial charge in [0.25, 0.3) is 0 Å². The van der Waals surface area contributed by atoms with Crippen molar-refractivity contribution in [2.24, 2.45) is 0 Å². The van der Waals surface area contributed by atoms with Crippen LogP contribution in [0, 0.1) is 0 Å². The minimum Gasteiger partial charge on any atom is -0.463 e. The van der Waals surface area contributed by atoms with Crippen LogP contribution < -0.4 is 0 Å². The van der Waals surface area contributed by atoms with Gasteiger partial charge in [-0.05, 0) is 44.7 Å². The Morgan fingerprint density at radius 3 is 2.53 bits per heavy atom. The molecule has 0 spiro atoms. The predicted octanol–water partition coefficient (Wildman–Crippen LogP) is 4.38. The molecule has 2 nitrogen and oxygen atoms in total. The Morgan fingerprint density at radius 1 is 1.21 bits per heavy atom. The lowest BCUT2D eigenvalue weighted by atomic mass is 10.0. The Morgan fingerprint density at radius 2 is 1.89 bits per heavy atom. The first kappa shape index (κ1) is 15.2. The molecule has 1 aromatic rings. The van der Waals surface area contributed by atoms with Gasteiger partial charge in [-0.15, -0.1) is 0 Å². The van der Waals surface area contributed by atoms with Gasteiger partial charge in [0.2, 0.25) is 0 Å². The van der Waals surface area contributed by atoms with Crippen LogP contribution in [-0.2, 0) is 9.53 Å². The van der Waals surface area contributed by atoms with E-state index in [0.29, 0.717) is 6.61 Å². The summed E-state index contributed by atoms with van der Waals surface area (Å²) < 4.78 is 4.88. The van der Waals surface area contributed by atoms with E-state index in [2.05, 4.69) is 25.1 Å². The predicted molar refractivity (Wildman–Crippen MR) is 79.7 cm³/mol. The molecule has 102 valence electrons. The highest BCUT2D eigenvalue weighted by atomic mass is 16.5. The third-order valence-electron chi connectivity index (χ3n) is 2.87. The van der Waals surface area contributed by atoms with Gasteiger partial charge >= 0.3 is 5.97 Å². The van der Waals surface area contributed by atoms with E-state index in [1.165, 1.54) is 11.1 Å². The Kier molecular flexibility index (Phi) is 6.65. The van der Waals surface area contributed by atoms with Gasteiger partial charge in [-0.1, -0.05) is 42.0 Å². The maximum absolute atomic E-state index is 11.3. The summed E-state index contributed by atoms with van der Waals surface area (Å²) in [6, 6.07) is 10.3. The Hall–Kier alpha value is -1.83. The van der Waals surface area contributed by atoms with Gasteiger partial charge in [0.1, 0.15) is 0 Å². The van der Waals surface area contributed by atoms with E-state index in [4.69, 9.17) is 4.74 Å². The fourth-order valence-corrected chi connectivity index (χ4v) is 1.79. The second-order valence-electron chi connectivity index (χ2n) is 4.53. The van der Waals surface area contributed by atoms with E-state index >= 15 is 0 Å². The third-order valence-corrected chi connectivity index (χ3v) is 2.87. The zero-order valence-electron chi connectivity index (χ0n) is 12.0. The maximum Gasteiger partial charge on any atom is 0.330 e. The van der Waals surface area contributed by atoms with E-state index in [1.54, 1.807) is 6.08 Å². The number of benzene rings is 1. The van der Waals surface area contributed by atoms with Gasteiger partial charge < -0.3 is 4.74 Å². The summed E-state index contributed by atoms with van der Waals surface area (Å²) in [7, 11) is 0. The van der Waals surface area contributed by atoms with Crippen molar-refractivity contribution in [3.05, 3.63) is 53.6 Å². The zero-order valence-corrected chi connectivity index (χ0v) is 12.0. The molecule has 0 aromatic heterocycles. The largest absolute Gasteiger partial charge is 0.463 e. The number of allylic oxidation sites excluding steroid dienone is 3. The summed E-state index contributed by atoms with van der Waals surface area (Å²) in [5.41, 5.74) is 3.56. The lowest BCUT2D eigenvalue weighted by Gasteiger charge is -2.02. The summed E-state index contributed by atoms with van der Waals surface area (Å²) in [6.07, 6.45) is 5.60. The normalized spacial score (nSPS) is 12.4. The standard InChI is InChI=1S/C17H22O2/c1-4-19-17(18)13-14(2)9-8-10-15(3)16-11-6-5-7-12-16/h5-7,10-13H,4,8-9H2,1-3H3/b14-13+,15-10+. The molecule has 0 saturated heterocycles. The van der Waals surface area contributed by atoms with Gasteiger partial charge in [0.05, 0.1) is 6.61 Å². The number of hydrogen-bond donors (Lipinski definition) is 0. The number of hydrogen-bond acceptors (Lipinski definition) is 2. The molecule has 0 aliphatic heterocycles. The maximum atomic E-state index is 11.3. The smallest absolute Gasteiger partial charge is 0.330 e. The average molecular weight is 258 g/mol. The number of carbonyl (C=O) groups excluding carboxylic acids is 1. The first-order valence-electron chi connectivity index (χ1n) is 6.69. The van der Waals surface area contributed by atoms with Crippen molar-refractivity contribution in [3.8, 4) is 0 Å². The monoisotopic (exact) mass is 258 g/mol. The van der Waals surface area contributed by atoms with Gasteiger partial charge in [-0.3, -0.25) is 0 Å². The number of ether oxygens (including phenoxy) is 1. The van der Waals surface area contributed by atoms with Crippen LogP contribution in [0.25, 0.3) is 5.57 Å². The number of carbonyl (C=O) groups is 1. The van der Waals surface area contributed by atoms with E-state index in [-0.39, 0.29) is 5.97 Å². The van der Waals surface area contributed by atoms with Crippen LogP contribution in [0.1, 0.15) is 39.2 Å². The van der Waals surface area contributed by atoms with Crippen molar-refractivity contribution >= 4 is 11.5 Å². The molecule has 0 N–H and O–H groups in total. The van der Waals surface area contributed by atoms with Crippen LogP contribution in [0.3, 0.4) is 0 Å². The number of esters is 1. The summed E-state index contributed by atoms with van der Waals surface area (Å²) in [5, 5.41) is 0. The van der Waals surface area contributed by atoms with Crippen LogP contribution in [0.2, 0.25) is 0 Å². The fraction of sp³-hybridized carbons (Fsp3) is 0.353. The van der Waals surface area contributed by atoms with E-state index in [9.17, 15) is 4.79 Å². The fourth-order valence-electron chi connectivity index (χ4n) is 1.79. The molecule has 0 unspecified atom stereocenters. The lowest BCUT2D eigenvalue weighted by Crippen LogP contribution is -2.00. The van der Waals surface area contributed by atoms with Crippen molar-refractivity contribution in [3.63, 3.8) is 0 Å². The summed E-state index contributed by atoms with van der Waals surface area (Å²) >= 11 is 0. The van der Waals surface area contributed by atoms with Crippen molar-refractivity contribution in [2.45, 2.75) is 33.6 Å². The van der Waals surface area contributed by atoms with E-state index in [1.807, 2.05) is 32.0 Å². The highest BCUT2D eigenvalue weighted by molar-refractivity contribution is 5.82. The highest BCUT2D eigenvalue weighted by Gasteiger charge is 1.98. The molecule has 19 heavy (non-hydrogen) atoms. The van der Waals surface area contributed by atoms with E-state index < -0.39 is 0 Å². The molecular formula is C17H22O2. The second-order valence-corrected chi connectivity index (χ2v) is 4.53. The molecule has 0 bridgehead atoms. The lowest BCUT2D eigenvalue weighted by molar-refractivity contribution is -0.137. The third kappa shape index (κ3) is 6.05. The molecule has 0 aliphatic carbocycles. The van der Waals surface area contributed by atoms with Crippen molar-refractivity contribution in [1.29, 1.82) is 0 Å². The Labute approximate surface area is 115 Å². The minimum absolute atomic E-state index is 0.247. The van der Waals surface area contributed by atoms with Crippen LogP contribution in [0.4, 0.5) is 0 Å². The summed E-state index contributed by atoms with van der Waals surface area (Å²) in [6.45, 7) is 6.31. The molecule has 0 aliphatic rings. The SMILES string of the molecule is CCOC(=O)/C=C(\C)CC/C=C(\C)c1ccccc1. The van der Waals surface area contributed by atoms with Gasteiger partial charge in [-0.2, -0.15) is 0 Å². The molecule has 0 amide bonds.